The summed E-state index contributed by atoms with van der Waals surface area (Å²) < 4.78 is 5.60. The van der Waals surface area contributed by atoms with E-state index in [-0.39, 0.29) is 6.04 Å². The smallest absolute Gasteiger partial charge is 0.309 e. The van der Waals surface area contributed by atoms with Crippen molar-refractivity contribution in [1.82, 2.24) is 15.5 Å². The Kier molecular flexibility index (Phi) is 6.07. The van der Waals surface area contributed by atoms with Crippen molar-refractivity contribution in [1.29, 1.82) is 0 Å². The van der Waals surface area contributed by atoms with Crippen LogP contribution in [-0.2, 0) is 22.6 Å². The van der Waals surface area contributed by atoms with Crippen molar-refractivity contribution in [3.63, 3.8) is 0 Å². The molecular weight excluding hydrogens is 330 g/mol. The number of benzene rings is 1. The van der Waals surface area contributed by atoms with Gasteiger partial charge >= 0.3 is 11.8 Å². The molecule has 138 valence electrons. The molecule has 0 saturated carbocycles. The molecule has 1 unspecified atom stereocenters. The van der Waals surface area contributed by atoms with Crippen LogP contribution in [0, 0.1) is 0 Å². The highest BCUT2D eigenvalue weighted by Crippen LogP contribution is 2.27. The summed E-state index contributed by atoms with van der Waals surface area (Å²) in [7, 11) is 0. The van der Waals surface area contributed by atoms with Crippen LogP contribution in [0.15, 0.2) is 47.1 Å². The molecule has 0 saturated heterocycles. The quantitative estimate of drug-likeness (QED) is 0.778. The van der Waals surface area contributed by atoms with Crippen LogP contribution in [-0.4, -0.2) is 36.3 Å². The zero-order valence-corrected chi connectivity index (χ0v) is 15.0. The predicted octanol–water partition coefficient (Wildman–Crippen LogP) is 2.02. The second-order valence-corrected chi connectivity index (χ2v) is 6.49. The molecule has 3 rings (SSSR count). The minimum atomic E-state index is -0.604. The fourth-order valence-corrected chi connectivity index (χ4v) is 3.26. The Labute approximate surface area is 153 Å². The highest BCUT2D eigenvalue weighted by Gasteiger charge is 2.27. The molecule has 2 amide bonds. The van der Waals surface area contributed by atoms with Crippen LogP contribution in [0.2, 0.25) is 0 Å². The topological polar surface area (TPSA) is 74.6 Å². The van der Waals surface area contributed by atoms with Crippen LogP contribution < -0.4 is 10.6 Å². The summed E-state index contributed by atoms with van der Waals surface area (Å²) in [5.74, 6) is -0.403. The largest absolute Gasteiger partial charge is 0.468 e. The van der Waals surface area contributed by atoms with Gasteiger partial charge in [-0.25, -0.2) is 0 Å². The number of amides is 2. The Morgan fingerprint density at radius 1 is 1.12 bits per heavy atom. The first-order chi connectivity index (χ1) is 12.7. The molecule has 0 fully saturated rings. The maximum Gasteiger partial charge on any atom is 0.309 e. The second kappa shape index (κ2) is 8.67. The molecule has 2 heterocycles. The maximum absolute atomic E-state index is 12.0. The van der Waals surface area contributed by atoms with Gasteiger partial charge in [0, 0.05) is 26.2 Å². The van der Waals surface area contributed by atoms with Gasteiger partial charge < -0.3 is 15.1 Å². The van der Waals surface area contributed by atoms with Gasteiger partial charge in [-0.05, 0) is 36.1 Å². The van der Waals surface area contributed by atoms with Crippen molar-refractivity contribution in [2.45, 2.75) is 32.4 Å². The Hall–Kier alpha value is -2.60. The maximum atomic E-state index is 12.0. The minimum Gasteiger partial charge on any atom is -0.468 e. The highest BCUT2D eigenvalue weighted by molar-refractivity contribution is 6.35. The van der Waals surface area contributed by atoms with Gasteiger partial charge in [-0.3, -0.25) is 14.5 Å². The fourth-order valence-electron chi connectivity index (χ4n) is 3.26. The average molecular weight is 355 g/mol. The number of rotatable bonds is 6. The SMILES string of the molecule is CCCNC(=O)C(=O)NCC(c1ccco1)N1CCc2ccccc2C1. The van der Waals surface area contributed by atoms with Crippen LogP contribution in [0.1, 0.15) is 36.3 Å². The molecule has 0 spiro atoms. The van der Waals surface area contributed by atoms with Gasteiger partial charge in [-0.2, -0.15) is 0 Å². The van der Waals surface area contributed by atoms with Gasteiger partial charge in [0.1, 0.15) is 5.76 Å². The van der Waals surface area contributed by atoms with Gasteiger partial charge in [0.05, 0.1) is 12.3 Å². The van der Waals surface area contributed by atoms with Crippen molar-refractivity contribution in [2.24, 2.45) is 0 Å². The normalized spacial score (nSPS) is 15.1. The highest BCUT2D eigenvalue weighted by atomic mass is 16.3. The Balaban J connectivity index is 1.67. The van der Waals surface area contributed by atoms with E-state index in [9.17, 15) is 9.59 Å². The number of carbonyl (C=O) groups excluding carboxylic acids is 2. The molecule has 0 aliphatic carbocycles. The monoisotopic (exact) mass is 355 g/mol. The predicted molar refractivity (Wildman–Crippen MR) is 98.3 cm³/mol. The number of hydrogen-bond donors (Lipinski definition) is 2. The van der Waals surface area contributed by atoms with Crippen LogP contribution >= 0.6 is 0 Å². The second-order valence-electron chi connectivity index (χ2n) is 6.49. The molecule has 2 N–H and O–H groups in total. The number of nitrogens with one attached hydrogen (secondary N) is 2. The summed E-state index contributed by atoms with van der Waals surface area (Å²) in [6.45, 7) is 4.43. The molecule has 0 radical (unpaired) electrons. The number of carbonyl (C=O) groups is 2. The van der Waals surface area contributed by atoms with Gasteiger partial charge in [-0.15, -0.1) is 0 Å². The number of furan rings is 1. The molecule has 1 atom stereocenters. The first kappa shape index (κ1) is 18.2. The first-order valence-electron chi connectivity index (χ1n) is 9.09. The Bertz CT molecular complexity index is 743. The minimum absolute atomic E-state index is 0.110. The van der Waals surface area contributed by atoms with Gasteiger partial charge in [0.2, 0.25) is 0 Å². The van der Waals surface area contributed by atoms with Crippen molar-refractivity contribution in [3.8, 4) is 0 Å². The summed E-state index contributed by atoms with van der Waals surface area (Å²) in [6, 6.07) is 12.1. The zero-order valence-electron chi connectivity index (χ0n) is 15.0. The van der Waals surface area contributed by atoms with E-state index in [1.54, 1.807) is 6.26 Å². The van der Waals surface area contributed by atoms with Crippen LogP contribution in [0.3, 0.4) is 0 Å². The lowest BCUT2D eigenvalue weighted by molar-refractivity contribution is -0.139. The van der Waals surface area contributed by atoms with Crippen LogP contribution in [0.4, 0.5) is 0 Å². The van der Waals surface area contributed by atoms with E-state index < -0.39 is 11.8 Å². The molecule has 26 heavy (non-hydrogen) atoms. The zero-order chi connectivity index (χ0) is 18.4. The van der Waals surface area contributed by atoms with Crippen LogP contribution in [0.5, 0.6) is 0 Å². The van der Waals surface area contributed by atoms with E-state index in [0.29, 0.717) is 13.1 Å². The van der Waals surface area contributed by atoms with Crippen molar-refractivity contribution in [2.75, 3.05) is 19.6 Å². The summed E-state index contributed by atoms with van der Waals surface area (Å²) in [4.78, 5) is 26.1. The summed E-state index contributed by atoms with van der Waals surface area (Å²) >= 11 is 0. The van der Waals surface area contributed by atoms with E-state index in [1.165, 1.54) is 11.1 Å². The van der Waals surface area contributed by atoms with Crippen molar-refractivity contribution < 1.29 is 14.0 Å². The lowest BCUT2D eigenvalue weighted by Gasteiger charge is -2.34. The summed E-state index contributed by atoms with van der Waals surface area (Å²) in [5, 5.41) is 5.34. The summed E-state index contributed by atoms with van der Waals surface area (Å²) in [5.41, 5.74) is 2.66. The van der Waals surface area contributed by atoms with Crippen LogP contribution in [0.25, 0.3) is 0 Å². The summed E-state index contributed by atoms with van der Waals surface area (Å²) in [6.07, 6.45) is 3.38. The Morgan fingerprint density at radius 3 is 2.62 bits per heavy atom. The van der Waals surface area contributed by atoms with E-state index in [1.807, 2.05) is 25.1 Å². The molecule has 0 bridgehead atoms. The van der Waals surface area contributed by atoms with Crippen molar-refractivity contribution in [3.05, 3.63) is 59.5 Å². The Morgan fingerprint density at radius 2 is 1.88 bits per heavy atom. The first-order valence-corrected chi connectivity index (χ1v) is 9.09. The number of hydrogen-bond acceptors (Lipinski definition) is 4. The average Bonchev–Trinajstić information content (AvgIpc) is 3.20. The van der Waals surface area contributed by atoms with E-state index in [2.05, 4.69) is 33.7 Å². The third kappa shape index (κ3) is 4.32. The molecule has 2 aromatic rings. The van der Waals surface area contributed by atoms with E-state index in [4.69, 9.17) is 4.42 Å². The third-order valence-corrected chi connectivity index (χ3v) is 4.67. The number of fused-ring (bicyclic) bond motifs is 1. The fraction of sp³-hybridized carbons (Fsp3) is 0.400. The molecular formula is C20H25N3O3. The lowest BCUT2D eigenvalue weighted by Crippen LogP contribution is -2.45. The van der Waals surface area contributed by atoms with Gasteiger partial charge in [0.15, 0.2) is 0 Å². The molecule has 1 aromatic carbocycles. The third-order valence-electron chi connectivity index (χ3n) is 4.67. The van der Waals surface area contributed by atoms with Gasteiger partial charge in [0.25, 0.3) is 0 Å². The molecule has 1 aliphatic rings. The molecule has 6 heteroatoms. The standard InChI is InChI=1S/C20H25N3O3/c1-2-10-21-19(24)20(25)22-13-17(18-8-5-12-26-18)23-11-9-15-6-3-4-7-16(15)14-23/h3-8,12,17H,2,9-11,13-14H2,1H3,(H,21,24)(H,22,25). The van der Waals surface area contributed by atoms with E-state index in [0.717, 1.165) is 31.7 Å². The van der Waals surface area contributed by atoms with E-state index >= 15 is 0 Å². The molecule has 6 nitrogen and oxygen atoms in total. The lowest BCUT2D eigenvalue weighted by atomic mass is 9.98. The molecule has 1 aromatic heterocycles. The molecule has 1 aliphatic heterocycles. The van der Waals surface area contributed by atoms with Gasteiger partial charge in [-0.1, -0.05) is 31.2 Å². The number of nitrogens with zero attached hydrogens (tertiary/aromatic N) is 1. The van der Waals surface area contributed by atoms with Crippen molar-refractivity contribution >= 4 is 11.8 Å².